The van der Waals surface area contributed by atoms with Gasteiger partial charge >= 0.3 is 5.97 Å². The summed E-state index contributed by atoms with van der Waals surface area (Å²) in [6, 6.07) is 10.1. The van der Waals surface area contributed by atoms with Gasteiger partial charge < -0.3 is 14.8 Å². The molecule has 2 rings (SSSR count). The van der Waals surface area contributed by atoms with E-state index in [0.29, 0.717) is 12.1 Å². The molecule has 100 valence electrons. The Labute approximate surface area is 112 Å². The van der Waals surface area contributed by atoms with Crippen LogP contribution in [0, 0.1) is 6.92 Å². The van der Waals surface area contributed by atoms with Gasteiger partial charge in [-0.1, -0.05) is 29.8 Å². The Hall–Kier alpha value is -2.07. The summed E-state index contributed by atoms with van der Waals surface area (Å²) in [5.74, 6) is -1.03. The second kappa shape index (κ2) is 5.71. The van der Waals surface area contributed by atoms with Crippen molar-refractivity contribution in [2.75, 3.05) is 0 Å². The van der Waals surface area contributed by atoms with Crippen LogP contribution >= 0.6 is 0 Å². The van der Waals surface area contributed by atoms with Gasteiger partial charge in [-0.15, -0.1) is 0 Å². The fourth-order valence-electron chi connectivity index (χ4n) is 1.90. The Morgan fingerprint density at radius 3 is 2.63 bits per heavy atom. The van der Waals surface area contributed by atoms with Crippen molar-refractivity contribution < 1.29 is 14.3 Å². The molecule has 0 aliphatic rings. The van der Waals surface area contributed by atoms with Gasteiger partial charge in [0.1, 0.15) is 0 Å². The topological polar surface area (TPSA) is 62.5 Å². The first-order valence-electron chi connectivity index (χ1n) is 6.17. The van der Waals surface area contributed by atoms with Crippen LogP contribution in [0.2, 0.25) is 0 Å². The average Bonchev–Trinajstić information content (AvgIpc) is 2.85. The molecule has 1 heterocycles. The molecule has 0 amide bonds. The monoisotopic (exact) mass is 259 g/mol. The molecular formula is C15H17NO3. The normalized spacial score (nSPS) is 12.3. The van der Waals surface area contributed by atoms with E-state index in [1.165, 1.54) is 17.4 Å². The van der Waals surface area contributed by atoms with Crippen LogP contribution < -0.4 is 5.32 Å². The first-order chi connectivity index (χ1) is 9.08. The van der Waals surface area contributed by atoms with Crippen molar-refractivity contribution in [3.8, 4) is 0 Å². The van der Waals surface area contributed by atoms with Crippen LogP contribution in [-0.2, 0) is 6.54 Å². The summed E-state index contributed by atoms with van der Waals surface area (Å²) in [5, 5.41) is 12.2. The summed E-state index contributed by atoms with van der Waals surface area (Å²) in [6.07, 6.45) is 1.40. The smallest absolute Gasteiger partial charge is 0.372 e. The van der Waals surface area contributed by atoms with Gasteiger partial charge in [0.2, 0.25) is 5.76 Å². The standard InChI is InChI=1S/C15H17NO3/c1-10-3-5-12(6-4-10)11(2)16-9-13-7-8-19-14(13)15(17)18/h3-8,11,16H,9H2,1-2H3,(H,17,18). The Morgan fingerprint density at radius 1 is 1.32 bits per heavy atom. The summed E-state index contributed by atoms with van der Waals surface area (Å²) in [6.45, 7) is 4.56. The highest BCUT2D eigenvalue weighted by Crippen LogP contribution is 2.16. The van der Waals surface area contributed by atoms with Crippen LogP contribution in [0.5, 0.6) is 0 Å². The predicted molar refractivity (Wildman–Crippen MR) is 72.1 cm³/mol. The molecule has 0 aliphatic carbocycles. The van der Waals surface area contributed by atoms with Gasteiger partial charge in [0.15, 0.2) is 0 Å². The van der Waals surface area contributed by atoms with Crippen LogP contribution in [-0.4, -0.2) is 11.1 Å². The molecule has 0 radical (unpaired) electrons. The molecule has 1 atom stereocenters. The highest BCUT2D eigenvalue weighted by Gasteiger charge is 2.14. The second-order valence-corrected chi connectivity index (χ2v) is 4.59. The number of hydrogen-bond donors (Lipinski definition) is 2. The minimum Gasteiger partial charge on any atom is -0.475 e. The SMILES string of the molecule is Cc1ccc(C(C)NCc2ccoc2C(=O)O)cc1. The van der Waals surface area contributed by atoms with Gasteiger partial charge in [0.05, 0.1) is 6.26 Å². The summed E-state index contributed by atoms with van der Waals surface area (Å²) in [7, 11) is 0. The third-order valence-corrected chi connectivity index (χ3v) is 3.12. The number of carbonyl (C=O) groups is 1. The number of aryl methyl sites for hydroxylation is 1. The zero-order valence-electron chi connectivity index (χ0n) is 11.0. The first kappa shape index (κ1) is 13.4. The molecule has 2 aromatic rings. The summed E-state index contributed by atoms with van der Waals surface area (Å²) in [5.41, 5.74) is 3.05. The highest BCUT2D eigenvalue weighted by atomic mass is 16.4. The van der Waals surface area contributed by atoms with Gasteiger partial charge in [-0.25, -0.2) is 4.79 Å². The molecule has 1 aromatic carbocycles. The van der Waals surface area contributed by atoms with Crippen molar-refractivity contribution in [1.29, 1.82) is 0 Å². The van der Waals surface area contributed by atoms with Crippen LogP contribution in [0.4, 0.5) is 0 Å². The van der Waals surface area contributed by atoms with E-state index in [0.717, 1.165) is 0 Å². The second-order valence-electron chi connectivity index (χ2n) is 4.59. The summed E-state index contributed by atoms with van der Waals surface area (Å²) in [4.78, 5) is 10.9. The van der Waals surface area contributed by atoms with E-state index in [2.05, 4.69) is 29.6 Å². The molecule has 2 N–H and O–H groups in total. The van der Waals surface area contributed by atoms with Gasteiger partial charge in [-0.2, -0.15) is 0 Å². The fourth-order valence-corrected chi connectivity index (χ4v) is 1.90. The maximum absolute atomic E-state index is 10.9. The molecule has 1 aromatic heterocycles. The van der Waals surface area contributed by atoms with Gasteiger partial charge in [0, 0.05) is 18.2 Å². The molecule has 0 saturated heterocycles. The minimum absolute atomic E-state index is 0.00334. The Balaban J connectivity index is 2.00. The minimum atomic E-state index is -1.04. The number of furan rings is 1. The van der Waals surface area contributed by atoms with E-state index < -0.39 is 5.97 Å². The number of aromatic carboxylic acids is 1. The number of carboxylic acids is 1. The first-order valence-corrected chi connectivity index (χ1v) is 6.17. The van der Waals surface area contributed by atoms with Crippen molar-refractivity contribution in [3.05, 3.63) is 59.0 Å². The van der Waals surface area contributed by atoms with Crippen molar-refractivity contribution >= 4 is 5.97 Å². The number of benzene rings is 1. The van der Waals surface area contributed by atoms with Gasteiger partial charge in [0.25, 0.3) is 0 Å². The van der Waals surface area contributed by atoms with E-state index in [1.54, 1.807) is 6.07 Å². The molecule has 4 nitrogen and oxygen atoms in total. The van der Waals surface area contributed by atoms with E-state index in [9.17, 15) is 4.79 Å². The molecule has 0 bridgehead atoms. The summed E-state index contributed by atoms with van der Waals surface area (Å²) >= 11 is 0. The average molecular weight is 259 g/mol. The highest BCUT2D eigenvalue weighted by molar-refractivity contribution is 5.86. The predicted octanol–water partition coefficient (Wildman–Crippen LogP) is 3.14. The van der Waals surface area contributed by atoms with Crippen LogP contribution in [0.15, 0.2) is 41.0 Å². The van der Waals surface area contributed by atoms with Gasteiger partial charge in [-0.05, 0) is 25.5 Å². The number of nitrogens with one attached hydrogen (secondary N) is 1. The lowest BCUT2D eigenvalue weighted by Crippen LogP contribution is -2.19. The quantitative estimate of drug-likeness (QED) is 0.866. The Bertz CT molecular complexity index is 557. The third-order valence-electron chi connectivity index (χ3n) is 3.12. The molecule has 0 saturated carbocycles. The van der Waals surface area contributed by atoms with Crippen LogP contribution in [0.25, 0.3) is 0 Å². The fraction of sp³-hybridized carbons (Fsp3) is 0.267. The van der Waals surface area contributed by atoms with E-state index in [-0.39, 0.29) is 11.8 Å². The maximum Gasteiger partial charge on any atom is 0.372 e. The van der Waals surface area contributed by atoms with Crippen LogP contribution in [0.1, 0.15) is 40.2 Å². The zero-order chi connectivity index (χ0) is 13.8. The molecular weight excluding hydrogens is 242 g/mol. The van der Waals surface area contributed by atoms with Crippen LogP contribution in [0.3, 0.4) is 0 Å². The van der Waals surface area contributed by atoms with Crippen molar-refractivity contribution in [2.24, 2.45) is 0 Å². The number of hydrogen-bond acceptors (Lipinski definition) is 3. The Morgan fingerprint density at radius 2 is 2.00 bits per heavy atom. The summed E-state index contributed by atoms with van der Waals surface area (Å²) < 4.78 is 4.94. The Kier molecular flexibility index (Phi) is 4.02. The lowest BCUT2D eigenvalue weighted by atomic mass is 10.1. The number of carboxylic acid groups (broad SMARTS) is 1. The lowest BCUT2D eigenvalue weighted by molar-refractivity contribution is 0.0660. The molecule has 0 aliphatic heterocycles. The maximum atomic E-state index is 10.9. The molecule has 19 heavy (non-hydrogen) atoms. The number of rotatable bonds is 5. The molecule has 4 heteroatoms. The molecule has 0 spiro atoms. The third kappa shape index (κ3) is 3.23. The van der Waals surface area contributed by atoms with Crippen molar-refractivity contribution in [3.63, 3.8) is 0 Å². The van der Waals surface area contributed by atoms with Gasteiger partial charge in [-0.3, -0.25) is 0 Å². The largest absolute Gasteiger partial charge is 0.475 e. The molecule has 1 unspecified atom stereocenters. The molecule has 0 fully saturated rings. The lowest BCUT2D eigenvalue weighted by Gasteiger charge is -2.14. The van der Waals surface area contributed by atoms with E-state index in [4.69, 9.17) is 9.52 Å². The van der Waals surface area contributed by atoms with Crippen molar-refractivity contribution in [2.45, 2.75) is 26.4 Å². The van der Waals surface area contributed by atoms with E-state index in [1.807, 2.05) is 13.8 Å². The van der Waals surface area contributed by atoms with Crippen molar-refractivity contribution in [1.82, 2.24) is 5.32 Å². The zero-order valence-corrected chi connectivity index (χ0v) is 11.0. The van der Waals surface area contributed by atoms with E-state index >= 15 is 0 Å².